The molecule has 2 nitrogen and oxygen atoms in total. The quantitative estimate of drug-likeness (QED) is 0.574. The Bertz CT molecular complexity index is 463. The molecule has 2 atom stereocenters. The van der Waals surface area contributed by atoms with E-state index in [2.05, 4.69) is 79.7 Å². The standard InChI is InChI=1S/C14H23N2Si/c1-12(16-10-9-15(2)11-16)13-7-6-8-14(13)17(3,4)5/h6-13H,1-5H3/q+1/t12-,13?/m1/s1. The molecule has 0 N–H and O–H groups in total. The molecule has 1 aliphatic rings. The van der Waals surface area contributed by atoms with Crippen molar-refractivity contribution < 1.29 is 4.57 Å². The Morgan fingerprint density at radius 1 is 1.35 bits per heavy atom. The first-order chi connectivity index (χ1) is 7.89. The lowest BCUT2D eigenvalue weighted by Crippen LogP contribution is -2.31. The average molecular weight is 247 g/mol. The Labute approximate surface area is 105 Å². The zero-order valence-corrected chi connectivity index (χ0v) is 12.5. The number of aromatic nitrogens is 2. The minimum absolute atomic E-state index is 0.507. The first kappa shape index (κ1) is 12.4. The van der Waals surface area contributed by atoms with Gasteiger partial charge in [-0.05, 0) is 6.92 Å². The molecule has 1 aromatic rings. The highest BCUT2D eigenvalue weighted by Gasteiger charge is 2.33. The van der Waals surface area contributed by atoms with Crippen molar-refractivity contribution in [3.63, 3.8) is 0 Å². The third-order valence-electron chi connectivity index (χ3n) is 3.60. The molecule has 0 radical (unpaired) electrons. The van der Waals surface area contributed by atoms with Crippen LogP contribution in [-0.2, 0) is 7.05 Å². The monoisotopic (exact) mass is 247 g/mol. The molecule has 0 fully saturated rings. The summed E-state index contributed by atoms with van der Waals surface area (Å²) < 4.78 is 4.42. The summed E-state index contributed by atoms with van der Waals surface area (Å²) in [5, 5.41) is 1.67. The van der Waals surface area contributed by atoms with Crippen LogP contribution in [0.1, 0.15) is 13.0 Å². The van der Waals surface area contributed by atoms with Crippen LogP contribution in [0.5, 0.6) is 0 Å². The fraction of sp³-hybridized carbons (Fsp3) is 0.500. The number of allylic oxidation sites excluding steroid dienone is 4. The summed E-state index contributed by atoms with van der Waals surface area (Å²) >= 11 is 0. The Kier molecular flexibility index (Phi) is 3.12. The van der Waals surface area contributed by atoms with Crippen LogP contribution in [0.2, 0.25) is 19.6 Å². The number of rotatable bonds is 3. The van der Waals surface area contributed by atoms with Crippen molar-refractivity contribution >= 4 is 8.07 Å². The van der Waals surface area contributed by atoms with Gasteiger partial charge in [0.15, 0.2) is 0 Å². The van der Waals surface area contributed by atoms with E-state index in [0.29, 0.717) is 12.0 Å². The van der Waals surface area contributed by atoms with Crippen molar-refractivity contribution in [2.75, 3.05) is 0 Å². The van der Waals surface area contributed by atoms with E-state index >= 15 is 0 Å². The normalized spacial score (nSPS) is 21.7. The van der Waals surface area contributed by atoms with Crippen LogP contribution < -0.4 is 4.57 Å². The van der Waals surface area contributed by atoms with Gasteiger partial charge in [0.1, 0.15) is 18.4 Å². The lowest BCUT2D eigenvalue weighted by molar-refractivity contribution is -0.671. The maximum Gasteiger partial charge on any atom is 0.243 e. The van der Waals surface area contributed by atoms with Crippen molar-refractivity contribution in [2.24, 2.45) is 13.0 Å². The molecule has 0 aliphatic heterocycles. The Hall–Kier alpha value is -1.09. The van der Waals surface area contributed by atoms with Crippen LogP contribution in [0.15, 0.2) is 42.1 Å². The number of nitrogens with zero attached hydrogens (tertiary/aromatic N) is 2. The van der Waals surface area contributed by atoms with Gasteiger partial charge >= 0.3 is 0 Å². The second kappa shape index (κ2) is 4.30. The van der Waals surface area contributed by atoms with Crippen molar-refractivity contribution in [1.82, 2.24) is 4.57 Å². The molecule has 1 heterocycles. The van der Waals surface area contributed by atoms with E-state index in [4.69, 9.17) is 0 Å². The summed E-state index contributed by atoms with van der Waals surface area (Å²) in [4.78, 5) is 0. The van der Waals surface area contributed by atoms with Gasteiger partial charge in [0.2, 0.25) is 6.33 Å². The van der Waals surface area contributed by atoms with Crippen molar-refractivity contribution in [3.05, 3.63) is 42.1 Å². The summed E-state index contributed by atoms with van der Waals surface area (Å²) in [6, 6.07) is 0.507. The maximum atomic E-state index is 2.43. The van der Waals surface area contributed by atoms with E-state index in [1.54, 1.807) is 5.20 Å². The molecule has 0 saturated carbocycles. The summed E-state index contributed by atoms with van der Waals surface area (Å²) in [6.45, 7) is 9.61. The highest BCUT2D eigenvalue weighted by molar-refractivity contribution is 6.83. The van der Waals surface area contributed by atoms with E-state index in [-0.39, 0.29) is 0 Å². The first-order valence-corrected chi connectivity index (χ1v) is 9.81. The van der Waals surface area contributed by atoms with Gasteiger partial charge in [0, 0.05) is 5.92 Å². The molecular formula is C14H23N2Si+. The zero-order valence-electron chi connectivity index (χ0n) is 11.5. The number of imidazole rings is 1. The SMILES string of the molecule is C[C@H](C1C=CC=C1[Si](C)(C)C)n1cc[n+](C)c1. The molecule has 0 amide bonds. The topological polar surface area (TPSA) is 8.81 Å². The molecule has 0 bridgehead atoms. The molecule has 3 heteroatoms. The van der Waals surface area contributed by atoms with E-state index in [1.807, 2.05) is 0 Å². The van der Waals surface area contributed by atoms with Gasteiger partial charge in [-0.1, -0.05) is 43.1 Å². The van der Waals surface area contributed by atoms with Gasteiger partial charge in [0.05, 0.1) is 15.1 Å². The van der Waals surface area contributed by atoms with Gasteiger partial charge in [0.25, 0.3) is 0 Å². The van der Waals surface area contributed by atoms with Crippen LogP contribution in [0, 0.1) is 5.92 Å². The van der Waals surface area contributed by atoms with Gasteiger partial charge in [-0.2, -0.15) is 0 Å². The van der Waals surface area contributed by atoms with E-state index in [0.717, 1.165) is 0 Å². The molecule has 1 unspecified atom stereocenters. The van der Waals surface area contributed by atoms with Gasteiger partial charge in [-0.3, -0.25) is 0 Å². The molecule has 1 aliphatic carbocycles. The van der Waals surface area contributed by atoms with Crippen LogP contribution in [0.25, 0.3) is 0 Å². The second-order valence-electron chi connectivity index (χ2n) is 6.05. The van der Waals surface area contributed by atoms with Crippen molar-refractivity contribution in [2.45, 2.75) is 32.6 Å². The third kappa shape index (κ3) is 2.44. The average Bonchev–Trinajstić information content (AvgIpc) is 2.83. The van der Waals surface area contributed by atoms with Crippen LogP contribution in [0.3, 0.4) is 0 Å². The lowest BCUT2D eigenvalue weighted by Gasteiger charge is -2.27. The smallest absolute Gasteiger partial charge is 0.240 e. The highest BCUT2D eigenvalue weighted by atomic mass is 28.3. The maximum absolute atomic E-state index is 2.43. The van der Waals surface area contributed by atoms with Crippen LogP contribution in [-0.4, -0.2) is 12.6 Å². The molecule has 0 aromatic carbocycles. The van der Waals surface area contributed by atoms with Crippen LogP contribution in [0.4, 0.5) is 0 Å². The van der Waals surface area contributed by atoms with Crippen molar-refractivity contribution in [3.8, 4) is 0 Å². The summed E-state index contributed by atoms with van der Waals surface area (Å²) in [7, 11) is 0.875. The minimum Gasteiger partial charge on any atom is -0.240 e. The fourth-order valence-corrected chi connectivity index (χ4v) is 4.49. The highest BCUT2D eigenvalue weighted by Crippen LogP contribution is 2.35. The summed E-state index contributed by atoms with van der Waals surface area (Å²) in [6.07, 6.45) is 13.4. The van der Waals surface area contributed by atoms with Crippen molar-refractivity contribution in [1.29, 1.82) is 0 Å². The van der Waals surface area contributed by atoms with Gasteiger partial charge < -0.3 is 0 Å². The molecule has 17 heavy (non-hydrogen) atoms. The van der Waals surface area contributed by atoms with Crippen LogP contribution >= 0.6 is 0 Å². The predicted molar refractivity (Wildman–Crippen MR) is 74.4 cm³/mol. The second-order valence-corrected chi connectivity index (χ2v) is 11.1. The summed E-state index contributed by atoms with van der Waals surface area (Å²) in [5.74, 6) is 0.578. The molecule has 0 spiro atoms. The first-order valence-electron chi connectivity index (χ1n) is 6.31. The Morgan fingerprint density at radius 2 is 2.06 bits per heavy atom. The fourth-order valence-electron chi connectivity index (χ4n) is 2.56. The summed E-state index contributed by atoms with van der Waals surface area (Å²) in [5.41, 5.74) is 0. The van der Waals surface area contributed by atoms with Gasteiger partial charge in [-0.15, -0.1) is 0 Å². The number of hydrogen-bond acceptors (Lipinski definition) is 0. The minimum atomic E-state index is -1.20. The molecule has 0 saturated heterocycles. The third-order valence-corrected chi connectivity index (χ3v) is 5.83. The Balaban J connectivity index is 2.24. The van der Waals surface area contributed by atoms with E-state index in [9.17, 15) is 0 Å². The molecule has 92 valence electrons. The largest absolute Gasteiger partial charge is 0.243 e. The molecular weight excluding hydrogens is 224 g/mol. The van der Waals surface area contributed by atoms with E-state index in [1.165, 1.54) is 0 Å². The predicted octanol–water partition coefficient (Wildman–Crippen LogP) is 2.86. The zero-order chi connectivity index (χ0) is 12.6. The number of hydrogen-bond donors (Lipinski definition) is 0. The van der Waals surface area contributed by atoms with E-state index < -0.39 is 8.07 Å². The lowest BCUT2D eigenvalue weighted by atomic mass is 10.0. The number of aryl methyl sites for hydroxylation is 1. The Morgan fingerprint density at radius 3 is 2.59 bits per heavy atom. The molecule has 2 rings (SSSR count). The van der Waals surface area contributed by atoms with Gasteiger partial charge in [-0.25, -0.2) is 9.13 Å². The molecule has 1 aromatic heterocycles.